The van der Waals surface area contributed by atoms with Gasteiger partial charge in [-0.3, -0.25) is 4.79 Å². The number of hydrogen-bond donors (Lipinski definition) is 9. The zero-order valence-electron chi connectivity index (χ0n) is 49.6. The van der Waals surface area contributed by atoms with E-state index in [0.29, 0.717) is 12.8 Å². The van der Waals surface area contributed by atoms with E-state index in [1.807, 2.05) is 6.08 Å². The molecule has 0 saturated carbocycles. The van der Waals surface area contributed by atoms with Crippen LogP contribution in [0.2, 0.25) is 0 Å². The first-order valence-corrected chi connectivity index (χ1v) is 32.0. The summed E-state index contributed by atoms with van der Waals surface area (Å²) in [4.78, 5) is 13.3. The van der Waals surface area contributed by atoms with Gasteiger partial charge >= 0.3 is 0 Å². The smallest absolute Gasteiger partial charge is 0.220 e. The summed E-state index contributed by atoms with van der Waals surface area (Å²) in [5, 5.41) is 87.2. The number of allylic oxidation sites excluding steroid dienone is 9. The average Bonchev–Trinajstić information content (AvgIpc) is 3.46. The lowest BCUT2D eigenvalue weighted by Gasteiger charge is -2.46. The molecule has 1 amide bonds. The van der Waals surface area contributed by atoms with Crippen LogP contribution in [0.1, 0.15) is 251 Å². The Morgan fingerprint density at radius 1 is 0.456 bits per heavy atom. The third-order valence-corrected chi connectivity index (χ3v) is 15.4. The summed E-state index contributed by atoms with van der Waals surface area (Å²) in [6.07, 6.45) is 48.4. The van der Waals surface area contributed by atoms with Crippen LogP contribution in [0.25, 0.3) is 0 Å². The third-order valence-electron chi connectivity index (χ3n) is 15.4. The molecule has 12 unspecified atom stereocenters. The van der Waals surface area contributed by atoms with E-state index in [0.717, 1.165) is 64.2 Å². The van der Waals surface area contributed by atoms with Crippen molar-refractivity contribution in [1.29, 1.82) is 0 Å². The fourth-order valence-electron chi connectivity index (χ4n) is 10.2. The molecule has 0 radical (unpaired) electrons. The molecule has 0 bridgehead atoms. The van der Waals surface area contributed by atoms with Gasteiger partial charge in [-0.05, 0) is 77.0 Å². The first kappa shape index (κ1) is 72.8. The van der Waals surface area contributed by atoms with E-state index in [9.17, 15) is 45.6 Å². The number of carbonyl (C=O) groups is 1. The van der Waals surface area contributed by atoms with E-state index in [1.54, 1.807) is 6.08 Å². The normalized spacial score (nSPS) is 24.8. The van der Waals surface area contributed by atoms with Gasteiger partial charge in [0.25, 0.3) is 0 Å². The zero-order chi connectivity index (χ0) is 57.4. The van der Waals surface area contributed by atoms with E-state index in [2.05, 4.69) is 67.8 Å². The summed E-state index contributed by atoms with van der Waals surface area (Å²) in [6, 6.07) is -0.945. The van der Waals surface area contributed by atoms with Crippen LogP contribution < -0.4 is 5.32 Å². The number of carbonyl (C=O) groups excluding carboxylic acids is 1. The maximum atomic E-state index is 13.3. The van der Waals surface area contributed by atoms with Crippen molar-refractivity contribution < 1.29 is 64.6 Å². The lowest BCUT2D eigenvalue weighted by Crippen LogP contribution is -2.65. The summed E-state index contributed by atoms with van der Waals surface area (Å²) >= 11 is 0. The standard InChI is InChI=1S/C65H117NO13/c1-3-5-7-9-11-13-15-17-19-21-23-24-25-26-27-28-29-30-31-32-34-36-38-40-42-44-46-48-54(69)53(66-57(70)49-47-45-43-41-39-37-35-33-22-20-18-16-14-12-10-8-6-4-2)52-76-64-62(75)60(73)63(56(51-68)78-64)79-65-61(74)59(72)58(71)55(50-67)77-65/h14,16,20,22,31-32,38,40,46,48,53-56,58-65,67-69,71-75H,3-13,15,17-19,21,23-30,33-37,39,41-45,47,49-52H2,1-2H3,(H,66,70)/b16-14-,22-20-,32-31+,40-38+,48-46+. The van der Waals surface area contributed by atoms with Crippen molar-refractivity contribution in [2.24, 2.45) is 0 Å². The lowest BCUT2D eigenvalue weighted by atomic mass is 9.97. The molecule has 9 N–H and O–H groups in total. The molecule has 0 aromatic carbocycles. The third kappa shape index (κ3) is 35.4. The maximum absolute atomic E-state index is 13.3. The molecule has 14 heteroatoms. The van der Waals surface area contributed by atoms with Crippen LogP contribution in [0.5, 0.6) is 0 Å². The minimum absolute atomic E-state index is 0.259. The average molecular weight is 1120 g/mol. The molecular formula is C65H117NO13. The number of ether oxygens (including phenoxy) is 4. The quantitative estimate of drug-likeness (QED) is 0.0204. The van der Waals surface area contributed by atoms with Gasteiger partial charge in [-0.15, -0.1) is 0 Å². The Morgan fingerprint density at radius 2 is 0.848 bits per heavy atom. The molecule has 2 aliphatic rings. The van der Waals surface area contributed by atoms with E-state index in [4.69, 9.17) is 18.9 Å². The zero-order valence-corrected chi connectivity index (χ0v) is 49.6. The van der Waals surface area contributed by atoms with Crippen molar-refractivity contribution in [2.45, 2.75) is 325 Å². The van der Waals surface area contributed by atoms with Crippen LogP contribution in [-0.2, 0) is 23.7 Å². The van der Waals surface area contributed by atoms with Gasteiger partial charge in [0.2, 0.25) is 5.91 Å². The van der Waals surface area contributed by atoms with Gasteiger partial charge in [0.1, 0.15) is 48.8 Å². The fourth-order valence-corrected chi connectivity index (χ4v) is 10.2. The summed E-state index contributed by atoms with van der Waals surface area (Å²) < 4.78 is 22.8. The number of unbranched alkanes of at least 4 members (excludes halogenated alkanes) is 30. The molecule has 460 valence electrons. The molecule has 2 rings (SSSR count). The fraction of sp³-hybridized carbons (Fsp3) is 0.831. The highest BCUT2D eigenvalue weighted by Gasteiger charge is 2.51. The van der Waals surface area contributed by atoms with E-state index < -0.39 is 86.8 Å². The van der Waals surface area contributed by atoms with E-state index in [1.165, 1.54) is 154 Å². The molecule has 12 atom stereocenters. The first-order chi connectivity index (χ1) is 38.6. The predicted octanol–water partition coefficient (Wildman–Crippen LogP) is 11.7. The second-order valence-corrected chi connectivity index (χ2v) is 22.5. The Labute approximate surface area is 479 Å². The van der Waals surface area contributed by atoms with Crippen molar-refractivity contribution in [3.05, 3.63) is 60.8 Å². The Morgan fingerprint density at radius 3 is 1.33 bits per heavy atom. The molecule has 2 heterocycles. The van der Waals surface area contributed by atoms with Gasteiger partial charge in [0.05, 0.1) is 32.0 Å². The van der Waals surface area contributed by atoms with Gasteiger partial charge < -0.3 is 65.1 Å². The van der Waals surface area contributed by atoms with E-state index >= 15 is 0 Å². The van der Waals surface area contributed by atoms with Gasteiger partial charge in [-0.1, -0.05) is 229 Å². The Hall–Kier alpha value is -2.31. The maximum Gasteiger partial charge on any atom is 0.220 e. The molecule has 14 nitrogen and oxygen atoms in total. The Bertz CT molecular complexity index is 1560. The number of aliphatic hydroxyl groups excluding tert-OH is 8. The van der Waals surface area contributed by atoms with Crippen LogP contribution in [0.15, 0.2) is 60.8 Å². The number of aliphatic hydroxyl groups is 8. The minimum atomic E-state index is -1.80. The van der Waals surface area contributed by atoms with Crippen LogP contribution in [0, 0.1) is 0 Å². The molecule has 0 spiro atoms. The highest BCUT2D eigenvalue weighted by atomic mass is 16.7. The molecule has 2 aliphatic heterocycles. The van der Waals surface area contributed by atoms with Crippen molar-refractivity contribution in [1.82, 2.24) is 5.32 Å². The van der Waals surface area contributed by atoms with Crippen molar-refractivity contribution in [2.75, 3.05) is 19.8 Å². The highest BCUT2D eigenvalue weighted by molar-refractivity contribution is 5.76. The Balaban J connectivity index is 1.76. The molecule has 0 aliphatic carbocycles. The van der Waals surface area contributed by atoms with Crippen molar-refractivity contribution in [3.63, 3.8) is 0 Å². The van der Waals surface area contributed by atoms with Gasteiger partial charge in [0.15, 0.2) is 12.6 Å². The van der Waals surface area contributed by atoms with Crippen molar-refractivity contribution >= 4 is 5.91 Å². The monoisotopic (exact) mass is 1120 g/mol. The van der Waals surface area contributed by atoms with Crippen LogP contribution in [-0.4, -0.2) is 140 Å². The van der Waals surface area contributed by atoms with Crippen LogP contribution in [0.3, 0.4) is 0 Å². The topological polar surface area (TPSA) is 228 Å². The highest BCUT2D eigenvalue weighted by Crippen LogP contribution is 2.30. The number of amides is 1. The number of nitrogens with one attached hydrogen (secondary N) is 1. The molecule has 79 heavy (non-hydrogen) atoms. The Kier molecular flexibility index (Phi) is 46.3. The summed E-state index contributed by atoms with van der Waals surface area (Å²) in [6.45, 7) is 2.77. The second kappa shape index (κ2) is 50.2. The molecular weight excluding hydrogens is 1000 g/mol. The van der Waals surface area contributed by atoms with Gasteiger partial charge in [-0.2, -0.15) is 0 Å². The van der Waals surface area contributed by atoms with Gasteiger partial charge in [-0.25, -0.2) is 0 Å². The molecule has 0 aromatic heterocycles. The molecule has 2 saturated heterocycles. The number of hydrogen-bond acceptors (Lipinski definition) is 13. The number of rotatable bonds is 51. The summed E-state index contributed by atoms with van der Waals surface area (Å²) in [7, 11) is 0. The van der Waals surface area contributed by atoms with Crippen LogP contribution in [0.4, 0.5) is 0 Å². The van der Waals surface area contributed by atoms with Crippen molar-refractivity contribution in [3.8, 4) is 0 Å². The van der Waals surface area contributed by atoms with Crippen LogP contribution >= 0.6 is 0 Å². The van der Waals surface area contributed by atoms with Gasteiger partial charge in [0, 0.05) is 6.42 Å². The second-order valence-electron chi connectivity index (χ2n) is 22.5. The predicted molar refractivity (Wildman–Crippen MR) is 318 cm³/mol. The summed E-state index contributed by atoms with van der Waals surface area (Å²) in [5.41, 5.74) is 0. The molecule has 0 aromatic rings. The lowest BCUT2D eigenvalue weighted by molar-refractivity contribution is -0.359. The SMILES string of the molecule is CCCCCC/C=C\C/C=C\CCCCCCCCCC(=O)NC(COC1OC(CO)C(OC2OC(CO)C(O)C(O)C2O)C(O)C1O)C(O)/C=C/CC/C=C/CC/C=C/CCCCCCCCCCCCCCCCCCC. The minimum Gasteiger partial charge on any atom is -0.394 e. The summed E-state index contributed by atoms with van der Waals surface area (Å²) in [5.74, 6) is -0.261. The van der Waals surface area contributed by atoms with E-state index in [-0.39, 0.29) is 18.9 Å². The largest absolute Gasteiger partial charge is 0.394 e. The first-order valence-electron chi connectivity index (χ1n) is 32.0. The molecule has 2 fully saturated rings.